The molecule has 0 radical (unpaired) electrons. The summed E-state index contributed by atoms with van der Waals surface area (Å²) in [6.45, 7) is 0.440. The maximum Gasteiger partial charge on any atom is 0.337 e. The Hall–Kier alpha value is -1.82. The molecule has 0 N–H and O–H groups in total. The average molecular weight is 394 g/mol. The molecule has 2 aromatic carbocycles. The van der Waals surface area contributed by atoms with Gasteiger partial charge < -0.3 is 9.47 Å². The van der Waals surface area contributed by atoms with Crippen LogP contribution in [0.5, 0.6) is 5.75 Å². The van der Waals surface area contributed by atoms with Crippen molar-refractivity contribution in [3.8, 4) is 5.75 Å². The van der Waals surface area contributed by atoms with Crippen LogP contribution in [0, 0.1) is 3.57 Å². The molecule has 108 valence electrons. The molecule has 0 heterocycles. The van der Waals surface area contributed by atoms with Crippen molar-refractivity contribution < 1.29 is 14.3 Å². The number of benzene rings is 2. The molecule has 3 nitrogen and oxygen atoms in total. The third-order valence-corrected chi connectivity index (χ3v) is 3.69. The van der Waals surface area contributed by atoms with Crippen LogP contribution in [0.15, 0.2) is 54.6 Å². The summed E-state index contributed by atoms with van der Waals surface area (Å²) in [7, 11) is 1.36. The summed E-state index contributed by atoms with van der Waals surface area (Å²) in [6.07, 6.45) is 3.94. The Labute approximate surface area is 137 Å². The number of ether oxygens (including phenoxy) is 2. The molecule has 0 bridgehead atoms. The van der Waals surface area contributed by atoms with E-state index in [0.717, 1.165) is 9.13 Å². The molecule has 0 spiro atoms. The fourth-order valence-electron chi connectivity index (χ4n) is 1.75. The van der Waals surface area contributed by atoms with Gasteiger partial charge in [-0.25, -0.2) is 4.79 Å². The molecule has 0 aliphatic rings. The third-order valence-electron chi connectivity index (χ3n) is 2.80. The lowest BCUT2D eigenvalue weighted by Gasteiger charge is -2.07. The monoisotopic (exact) mass is 394 g/mol. The largest absolute Gasteiger partial charge is 0.488 e. The van der Waals surface area contributed by atoms with Gasteiger partial charge in [-0.3, -0.25) is 0 Å². The van der Waals surface area contributed by atoms with E-state index in [-0.39, 0.29) is 5.97 Å². The van der Waals surface area contributed by atoms with Crippen molar-refractivity contribution in [3.63, 3.8) is 0 Å². The standard InChI is InChI=1S/C17H15IO3/c1-20-17(19)14-9-10-15(18)16(12-14)21-11-5-8-13-6-3-2-4-7-13/h2-10,12H,11H2,1H3. The second kappa shape index (κ2) is 7.83. The quantitative estimate of drug-likeness (QED) is 0.564. The van der Waals surface area contributed by atoms with Gasteiger partial charge in [-0.15, -0.1) is 0 Å². The van der Waals surface area contributed by atoms with Gasteiger partial charge in [-0.05, 0) is 52.4 Å². The summed E-state index contributed by atoms with van der Waals surface area (Å²) in [5.41, 5.74) is 1.61. The molecule has 0 saturated heterocycles. The van der Waals surface area contributed by atoms with Crippen LogP contribution in [0.3, 0.4) is 0 Å². The fraction of sp³-hybridized carbons (Fsp3) is 0.118. The van der Waals surface area contributed by atoms with E-state index in [1.165, 1.54) is 7.11 Å². The molecule has 0 atom stereocenters. The second-order valence-electron chi connectivity index (χ2n) is 4.26. The highest BCUT2D eigenvalue weighted by Crippen LogP contribution is 2.22. The molecule has 0 aliphatic heterocycles. The van der Waals surface area contributed by atoms with Crippen LogP contribution >= 0.6 is 22.6 Å². The zero-order valence-electron chi connectivity index (χ0n) is 11.6. The zero-order chi connectivity index (χ0) is 15.1. The summed E-state index contributed by atoms with van der Waals surface area (Å²) in [5, 5.41) is 0. The number of methoxy groups -OCH3 is 1. The summed E-state index contributed by atoms with van der Waals surface area (Å²) >= 11 is 2.17. The van der Waals surface area contributed by atoms with Crippen molar-refractivity contribution in [3.05, 3.63) is 69.3 Å². The van der Waals surface area contributed by atoms with Crippen molar-refractivity contribution >= 4 is 34.6 Å². The van der Waals surface area contributed by atoms with Gasteiger partial charge in [0.1, 0.15) is 12.4 Å². The summed E-state index contributed by atoms with van der Waals surface area (Å²) in [4.78, 5) is 11.5. The van der Waals surface area contributed by atoms with Gasteiger partial charge in [0.05, 0.1) is 16.2 Å². The highest BCUT2D eigenvalue weighted by Gasteiger charge is 2.09. The first-order valence-corrected chi connectivity index (χ1v) is 7.51. The van der Waals surface area contributed by atoms with Crippen molar-refractivity contribution in [2.75, 3.05) is 13.7 Å². The summed E-state index contributed by atoms with van der Waals surface area (Å²) in [6, 6.07) is 15.3. The number of hydrogen-bond donors (Lipinski definition) is 0. The fourth-order valence-corrected chi connectivity index (χ4v) is 2.24. The normalized spacial score (nSPS) is 10.6. The first-order valence-electron chi connectivity index (χ1n) is 6.43. The predicted molar refractivity (Wildman–Crippen MR) is 91.5 cm³/mol. The Morgan fingerprint density at radius 3 is 2.67 bits per heavy atom. The van der Waals surface area contributed by atoms with Crippen LogP contribution in [0.2, 0.25) is 0 Å². The second-order valence-corrected chi connectivity index (χ2v) is 5.42. The van der Waals surface area contributed by atoms with Crippen molar-refractivity contribution in [2.45, 2.75) is 0 Å². The molecule has 0 unspecified atom stereocenters. The van der Waals surface area contributed by atoms with E-state index in [1.54, 1.807) is 12.1 Å². The molecule has 0 amide bonds. The molecule has 21 heavy (non-hydrogen) atoms. The Morgan fingerprint density at radius 1 is 1.19 bits per heavy atom. The van der Waals surface area contributed by atoms with Crippen LogP contribution in [0.4, 0.5) is 0 Å². The Balaban J connectivity index is 1.99. The van der Waals surface area contributed by atoms with Gasteiger partial charge >= 0.3 is 5.97 Å². The number of halogens is 1. The minimum absolute atomic E-state index is 0.365. The van der Waals surface area contributed by atoms with Gasteiger partial charge in [-0.2, -0.15) is 0 Å². The first kappa shape index (κ1) is 15.6. The number of esters is 1. The molecule has 0 aliphatic carbocycles. The van der Waals surface area contributed by atoms with Gasteiger partial charge in [0.15, 0.2) is 0 Å². The Kier molecular flexibility index (Phi) is 5.80. The van der Waals surface area contributed by atoms with Crippen molar-refractivity contribution in [2.24, 2.45) is 0 Å². The summed E-state index contributed by atoms with van der Waals surface area (Å²) < 4.78 is 11.3. The topological polar surface area (TPSA) is 35.5 Å². The van der Waals surface area contributed by atoms with E-state index >= 15 is 0 Å². The van der Waals surface area contributed by atoms with Crippen LogP contribution in [0.1, 0.15) is 15.9 Å². The van der Waals surface area contributed by atoms with Crippen molar-refractivity contribution in [1.29, 1.82) is 0 Å². The first-order chi connectivity index (χ1) is 10.2. The Morgan fingerprint density at radius 2 is 1.95 bits per heavy atom. The number of rotatable bonds is 5. The minimum Gasteiger partial charge on any atom is -0.488 e. The number of hydrogen-bond acceptors (Lipinski definition) is 3. The lowest BCUT2D eigenvalue weighted by atomic mass is 10.2. The van der Waals surface area contributed by atoms with Crippen LogP contribution < -0.4 is 4.74 Å². The van der Waals surface area contributed by atoms with E-state index < -0.39 is 0 Å². The molecule has 0 aromatic heterocycles. The average Bonchev–Trinajstić information content (AvgIpc) is 2.53. The van der Waals surface area contributed by atoms with Gasteiger partial charge in [-0.1, -0.05) is 36.4 Å². The molecule has 4 heteroatoms. The summed E-state index contributed by atoms with van der Waals surface area (Å²) in [5.74, 6) is 0.312. The molecule has 2 aromatic rings. The van der Waals surface area contributed by atoms with E-state index in [9.17, 15) is 4.79 Å². The van der Waals surface area contributed by atoms with Crippen molar-refractivity contribution in [1.82, 2.24) is 0 Å². The van der Waals surface area contributed by atoms with Gasteiger partial charge in [0.25, 0.3) is 0 Å². The highest BCUT2D eigenvalue weighted by molar-refractivity contribution is 14.1. The van der Waals surface area contributed by atoms with Gasteiger partial charge in [0.2, 0.25) is 0 Å². The lowest BCUT2D eigenvalue weighted by molar-refractivity contribution is 0.0600. The lowest BCUT2D eigenvalue weighted by Crippen LogP contribution is -2.03. The third kappa shape index (κ3) is 4.60. The molecule has 0 fully saturated rings. The predicted octanol–water partition coefficient (Wildman–Crippen LogP) is 4.17. The SMILES string of the molecule is COC(=O)c1ccc(I)c(OCC=Cc2ccccc2)c1. The van der Waals surface area contributed by atoms with Gasteiger partial charge in [0, 0.05) is 0 Å². The minimum atomic E-state index is -0.365. The highest BCUT2D eigenvalue weighted by atomic mass is 127. The van der Waals surface area contributed by atoms with Crippen LogP contribution in [0.25, 0.3) is 6.08 Å². The molecule has 0 saturated carbocycles. The molecular weight excluding hydrogens is 379 g/mol. The maximum absolute atomic E-state index is 11.5. The zero-order valence-corrected chi connectivity index (χ0v) is 13.7. The van der Waals surface area contributed by atoms with E-state index in [4.69, 9.17) is 9.47 Å². The number of carbonyl (C=O) groups excluding carboxylic acids is 1. The van der Waals surface area contributed by atoms with Crippen LogP contribution in [-0.4, -0.2) is 19.7 Å². The maximum atomic E-state index is 11.5. The van der Waals surface area contributed by atoms with E-state index in [0.29, 0.717) is 17.9 Å². The molecular formula is C17H15IO3. The molecule has 2 rings (SSSR count). The van der Waals surface area contributed by atoms with E-state index in [2.05, 4.69) is 22.6 Å². The Bertz CT molecular complexity index is 636. The van der Waals surface area contributed by atoms with Crippen LogP contribution in [-0.2, 0) is 4.74 Å². The number of carbonyl (C=O) groups is 1. The van der Waals surface area contributed by atoms with E-state index in [1.807, 2.05) is 48.6 Å². The smallest absolute Gasteiger partial charge is 0.337 e.